The Balaban J connectivity index is 1.55. The predicted molar refractivity (Wildman–Crippen MR) is 118 cm³/mol. The van der Waals surface area contributed by atoms with Gasteiger partial charge in [0.25, 0.3) is 0 Å². The Bertz CT molecular complexity index is 1210. The van der Waals surface area contributed by atoms with Crippen LogP contribution in [0.4, 0.5) is 5.82 Å². The Hall–Kier alpha value is -4.01. The first-order valence-corrected chi connectivity index (χ1v) is 10.2. The molecule has 0 bridgehead atoms. The molecule has 1 atom stereocenters. The molecule has 0 amide bonds. The summed E-state index contributed by atoms with van der Waals surface area (Å²) in [6.45, 7) is 0.667. The molecule has 4 aromatic rings. The predicted octanol–water partition coefficient (Wildman–Crippen LogP) is 4.08. The van der Waals surface area contributed by atoms with Gasteiger partial charge in [-0.3, -0.25) is 5.01 Å². The van der Waals surface area contributed by atoms with Crippen molar-refractivity contribution in [3.8, 4) is 22.8 Å². The van der Waals surface area contributed by atoms with E-state index >= 15 is 0 Å². The second-order valence-electron chi connectivity index (χ2n) is 7.38. The number of fused-ring (bicyclic) bond motifs is 1. The number of benzene rings is 2. The highest BCUT2D eigenvalue weighted by molar-refractivity contribution is 5.98. The molecule has 2 aromatic carbocycles. The summed E-state index contributed by atoms with van der Waals surface area (Å²) in [4.78, 5) is 21.6. The number of nitroso groups, excluding NO2 is 1. The van der Waals surface area contributed by atoms with E-state index in [4.69, 9.17) is 15.6 Å². The number of nitrogens with zero attached hydrogens (tertiary/aromatic N) is 6. The number of hydrogen-bond donors (Lipinski definition) is 1. The molecular formula is C22H21N7O2. The van der Waals surface area contributed by atoms with E-state index in [2.05, 4.69) is 15.1 Å². The second kappa shape index (κ2) is 8.02. The Labute approximate surface area is 178 Å². The summed E-state index contributed by atoms with van der Waals surface area (Å²) in [7, 11) is 0. The van der Waals surface area contributed by atoms with Crippen LogP contribution in [0, 0.1) is 4.91 Å². The van der Waals surface area contributed by atoms with Crippen LogP contribution in [-0.2, 0) is 0 Å². The van der Waals surface area contributed by atoms with Crippen molar-refractivity contribution >= 4 is 16.9 Å². The third-order valence-corrected chi connectivity index (χ3v) is 5.39. The number of nitrogens with two attached hydrogens (primary N) is 1. The van der Waals surface area contributed by atoms with Crippen molar-refractivity contribution in [1.82, 2.24) is 19.9 Å². The molecule has 9 nitrogen and oxygen atoms in total. The third-order valence-electron chi connectivity index (χ3n) is 5.39. The first-order valence-electron chi connectivity index (χ1n) is 10.2. The second-order valence-corrected chi connectivity index (χ2v) is 7.38. The van der Waals surface area contributed by atoms with E-state index in [1.807, 2.05) is 59.6 Å². The molecule has 0 saturated carbocycles. The highest BCUT2D eigenvalue weighted by Crippen LogP contribution is 2.33. The molecule has 0 spiro atoms. The third kappa shape index (κ3) is 3.54. The van der Waals surface area contributed by atoms with Crippen LogP contribution in [0.5, 0.6) is 11.5 Å². The lowest BCUT2D eigenvalue weighted by Crippen LogP contribution is -2.46. The van der Waals surface area contributed by atoms with Crippen molar-refractivity contribution in [2.75, 3.05) is 17.3 Å². The van der Waals surface area contributed by atoms with E-state index in [1.54, 1.807) is 4.79 Å². The highest BCUT2D eigenvalue weighted by atomic mass is 16.5. The summed E-state index contributed by atoms with van der Waals surface area (Å²) in [5.41, 5.74) is 8.26. The monoisotopic (exact) mass is 415 g/mol. The lowest BCUT2D eigenvalue weighted by molar-refractivity contribution is 0.372. The van der Waals surface area contributed by atoms with Crippen LogP contribution in [0.1, 0.15) is 19.3 Å². The van der Waals surface area contributed by atoms with Gasteiger partial charge in [0, 0.05) is 12.1 Å². The number of aromatic nitrogens is 4. The number of anilines is 1. The van der Waals surface area contributed by atoms with Crippen molar-refractivity contribution in [3.63, 3.8) is 0 Å². The summed E-state index contributed by atoms with van der Waals surface area (Å²) in [6, 6.07) is 17.2. The molecule has 1 saturated heterocycles. The minimum absolute atomic E-state index is 0.337. The zero-order valence-electron chi connectivity index (χ0n) is 16.8. The fourth-order valence-corrected chi connectivity index (χ4v) is 3.87. The molecule has 1 aliphatic rings. The Morgan fingerprint density at radius 2 is 1.77 bits per heavy atom. The van der Waals surface area contributed by atoms with Gasteiger partial charge < -0.3 is 10.5 Å². The van der Waals surface area contributed by atoms with Gasteiger partial charge in [-0.25, -0.2) is 9.97 Å². The summed E-state index contributed by atoms with van der Waals surface area (Å²) >= 11 is 0. The Morgan fingerprint density at radius 3 is 2.55 bits per heavy atom. The van der Waals surface area contributed by atoms with Gasteiger partial charge in [0.15, 0.2) is 11.8 Å². The normalized spacial score (nSPS) is 16.4. The average Bonchev–Trinajstić information content (AvgIpc) is 3.21. The van der Waals surface area contributed by atoms with Crippen LogP contribution in [0.25, 0.3) is 22.3 Å². The van der Waals surface area contributed by atoms with Gasteiger partial charge in [0.05, 0.1) is 5.39 Å². The molecule has 1 fully saturated rings. The van der Waals surface area contributed by atoms with E-state index in [1.165, 1.54) is 6.33 Å². The number of para-hydroxylation sites is 1. The van der Waals surface area contributed by atoms with Gasteiger partial charge in [0.2, 0.25) is 0 Å². The molecule has 0 aliphatic carbocycles. The number of piperidine rings is 1. The highest BCUT2D eigenvalue weighted by Gasteiger charge is 2.28. The minimum atomic E-state index is -0.484. The number of nitrogen functional groups attached to an aromatic ring is 1. The van der Waals surface area contributed by atoms with Crippen LogP contribution in [0.2, 0.25) is 0 Å². The quantitative estimate of drug-likeness (QED) is 0.489. The number of hydrogen-bond acceptors (Lipinski definition) is 8. The Kier molecular flexibility index (Phi) is 4.91. The molecule has 156 valence electrons. The van der Waals surface area contributed by atoms with E-state index < -0.39 is 6.17 Å². The lowest BCUT2D eigenvalue weighted by Gasteiger charge is -2.32. The van der Waals surface area contributed by atoms with Crippen LogP contribution >= 0.6 is 0 Å². The molecule has 3 heterocycles. The molecule has 1 aliphatic heterocycles. The van der Waals surface area contributed by atoms with Crippen molar-refractivity contribution in [2.24, 2.45) is 5.18 Å². The van der Waals surface area contributed by atoms with E-state index in [0.29, 0.717) is 41.3 Å². The standard InChI is InChI=1S/C22H21N7O2/c23-21-19-20(15-9-11-17(12-10-15)31-16-6-2-1-3-7-16)26-29(22(19)25-14-24-21)28-13-5-4-8-18(28)27-30/h1-3,6-7,9-12,14,18H,4-5,8,13H2,(H2,23,24,25). The van der Waals surface area contributed by atoms with Gasteiger partial charge in [-0.1, -0.05) is 18.2 Å². The summed E-state index contributed by atoms with van der Waals surface area (Å²) < 4.78 is 5.88. The zero-order valence-corrected chi connectivity index (χ0v) is 16.8. The van der Waals surface area contributed by atoms with Gasteiger partial charge >= 0.3 is 0 Å². The average molecular weight is 415 g/mol. The maximum absolute atomic E-state index is 11.4. The lowest BCUT2D eigenvalue weighted by atomic mass is 10.1. The largest absolute Gasteiger partial charge is 0.457 e. The van der Waals surface area contributed by atoms with Crippen molar-refractivity contribution in [1.29, 1.82) is 0 Å². The molecule has 9 heteroatoms. The number of ether oxygens (including phenoxy) is 1. The first-order chi connectivity index (χ1) is 15.2. The summed E-state index contributed by atoms with van der Waals surface area (Å²) in [6.07, 6.45) is 3.52. The van der Waals surface area contributed by atoms with Crippen LogP contribution in [0.3, 0.4) is 0 Å². The fourth-order valence-electron chi connectivity index (χ4n) is 3.87. The Morgan fingerprint density at radius 1 is 1.00 bits per heavy atom. The van der Waals surface area contributed by atoms with Crippen LogP contribution in [0.15, 0.2) is 66.1 Å². The minimum Gasteiger partial charge on any atom is -0.457 e. The molecule has 5 rings (SSSR count). The molecule has 2 aromatic heterocycles. The van der Waals surface area contributed by atoms with E-state index in [-0.39, 0.29) is 0 Å². The van der Waals surface area contributed by atoms with Crippen LogP contribution in [-0.4, -0.2) is 32.6 Å². The van der Waals surface area contributed by atoms with Crippen molar-refractivity contribution in [2.45, 2.75) is 25.4 Å². The van der Waals surface area contributed by atoms with Crippen molar-refractivity contribution in [3.05, 3.63) is 65.8 Å². The fraction of sp³-hybridized carbons (Fsp3) is 0.227. The van der Waals surface area contributed by atoms with Gasteiger partial charge in [0.1, 0.15) is 29.3 Å². The topological polar surface area (TPSA) is 112 Å². The van der Waals surface area contributed by atoms with E-state index in [0.717, 1.165) is 24.2 Å². The van der Waals surface area contributed by atoms with Gasteiger partial charge in [-0.2, -0.15) is 4.79 Å². The first kappa shape index (κ1) is 19.0. The maximum Gasteiger partial charge on any atom is 0.186 e. The summed E-state index contributed by atoms with van der Waals surface area (Å²) in [5, 5.41) is 10.6. The summed E-state index contributed by atoms with van der Waals surface area (Å²) in [5.74, 6) is 1.81. The van der Waals surface area contributed by atoms with E-state index in [9.17, 15) is 4.91 Å². The molecule has 31 heavy (non-hydrogen) atoms. The smallest absolute Gasteiger partial charge is 0.186 e. The SMILES string of the molecule is Nc1ncnc2c1c(-c1ccc(Oc3ccccc3)cc1)nn2N1CCCCC1N=O. The molecule has 1 unspecified atom stereocenters. The van der Waals surface area contributed by atoms with Crippen molar-refractivity contribution < 1.29 is 4.74 Å². The molecule has 2 N–H and O–H groups in total. The van der Waals surface area contributed by atoms with Gasteiger partial charge in [-0.05, 0) is 60.8 Å². The van der Waals surface area contributed by atoms with Crippen LogP contribution < -0.4 is 15.5 Å². The molecular weight excluding hydrogens is 394 g/mol. The number of rotatable bonds is 5. The maximum atomic E-state index is 11.4. The zero-order chi connectivity index (χ0) is 21.2. The van der Waals surface area contributed by atoms with Gasteiger partial charge in [-0.15, -0.1) is 10.0 Å². The molecule has 0 radical (unpaired) electrons.